The van der Waals surface area contributed by atoms with Crippen molar-refractivity contribution in [2.45, 2.75) is 70.2 Å². The van der Waals surface area contributed by atoms with Crippen LogP contribution < -0.4 is 5.32 Å². The van der Waals surface area contributed by atoms with Crippen molar-refractivity contribution < 1.29 is 4.21 Å². The van der Waals surface area contributed by atoms with Gasteiger partial charge in [-0.1, -0.05) is 39.8 Å². The van der Waals surface area contributed by atoms with Crippen LogP contribution in [-0.4, -0.2) is 22.5 Å². The molecule has 0 aliphatic heterocycles. The van der Waals surface area contributed by atoms with E-state index in [1.165, 1.54) is 12.0 Å². The van der Waals surface area contributed by atoms with Crippen LogP contribution in [0.4, 0.5) is 0 Å². The van der Waals surface area contributed by atoms with Gasteiger partial charge in [0.25, 0.3) is 0 Å². The minimum absolute atomic E-state index is 0.530. The summed E-state index contributed by atoms with van der Waals surface area (Å²) in [7, 11) is -0.857. The number of benzene rings is 1. The zero-order valence-electron chi connectivity index (χ0n) is 14.0. The molecule has 0 amide bonds. The molecule has 1 N–H and O–H groups in total. The first-order chi connectivity index (χ1) is 10.1. The van der Waals surface area contributed by atoms with Gasteiger partial charge in [0.05, 0.1) is 10.8 Å². The van der Waals surface area contributed by atoms with E-state index in [9.17, 15) is 4.21 Å². The summed E-state index contributed by atoms with van der Waals surface area (Å²) in [6.07, 6.45) is 4.46. The fraction of sp³-hybridized carbons (Fsp3) is 0.667. The molecule has 21 heavy (non-hydrogen) atoms. The zero-order chi connectivity index (χ0) is 15.7. The molecule has 120 valence electrons. The van der Waals surface area contributed by atoms with E-state index in [0.717, 1.165) is 36.5 Å². The van der Waals surface area contributed by atoms with Crippen molar-refractivity contribution in [1.82, 2.24) is 5.32 Å². The minimum Gasteiger partial charge on any atom is -0.314 e. The molecule has 3 heteroatoms. The Bertz CT molecular complexity index is 414. The van der Waals surface area contributed by atoms with Crippen LogP contribution in [0.15, 0.2) is 29.2 Å². The van der Waals surface area contributed by atoms with E-state index in [2.05, 4.69) is 45.1 Å². The lowest BCUT2D eigenvalue weighted by Crippen LogP contribution is -2.29. The molecule has 0 heterocycles. The van der Waals surface area contributed by atoms with Crippen LogP contribution in [0.3, 0.4) is 0 Å². The SMILES string of the molecule is CCCNC(CC)CCCS(=O)c1ccc(C(C)C)cc1. The highest BCUT2D eigenvalue weighted by molar-refractivity contribution is 7.85. The van der Waals surface area contributed by atoms with Crippen molar-refractivity contribution in [1.29, 1.82) is 0 Å². The fourth-order valence-electron chi connectivity index (χ4n) is 2.38. The van der Waals surface area contributed by atoms with Crippen LogP contribution in [0.25, 0.3) is 0 Å². The summed E-state index contributed by atoms with van der Waals surface area (Å²) in [6, 6.07) is 8.84. The summed E-state index contributed by atoms with van der Waals surface area (Å²) in [5, 5.41) is 3.55. The van der Waals surface area contributed by atoms with E-state index in [0.29, 0.717) is 12.0 Å². The Kier molecular flexibility index (Phi) is 8.86. The average molecular weight is 310 g/mol. The zero-order valence-corrected chi connectivity index (χ0v) is 14.8. The van der Waals surface area contributed by atoms with Gasteiger partial charge in [0.1, 0.15) is 0 Å². The second-order valence-corrected chi connectivity index (χ2v) is 7.55. The maximum Gasteiger partial charge on any atom is 0.0529 e. The Hall–Kier alpha value is -0.670. The van der Waals surface area contributed by atoms with Gasteiger partial charge in [-0.3, -0.25) is 4.21 Å². The molecule has 0 bridgehead atoms. The van der Waals surface area contributed by atoms with Gasteiger partial charge in [-0.2, -0.15) is 0 Å². The second kappa shape index (κ2) is 10.1. The fourth-order valence-corrected chi connectivity index (χ4v) is 3.49. The Balaban J connectivity index is 2.39. The highest BCUT2D eigenvalue weighted by atomic mass is 32.2. The molecule has 2 atom stereocenters. The van der Waals surface area contributed by atoms with Gasteiger partial charge in [0.2, 0.25) is 0 Å². The van der Waals surface area contributed by atoms with E-state index in [-0.39, 0.29) is 0 Å². The maximum atomic E-state index is 12.3. The Morgan fingerprint density at radius 3 is 2.33 bits per heavy atom. The first kappa shape index (κ1) is 18.4. The topological polar surface area (TPSA) is 29.1 Å². The lowest BCUT2D eigenvalue weighted by molar-refractivity contribution is 0.464. The van der Waals surface area contributed by atoms with Crippen LogP contribution in [0, 0.1) is 0 Å². The molecule has 2 unspecified atom stereocenters. The maximum absolute atomic E-state index is 12.3. The van der Waals surface area contributed by atoms with E-state index in [4.69, 9.17) is 0 Å². The lowest BCUT2D eigenvalue weighted by atomic mass is 10.0. The molecule has 0 saturated carbocycles. The van der Waals surface area contributed by atoms with Gasteiger partial charge in [-0.05, 0) is 55.8 Å². The summed E-state index contributed by atoms with van der Waals surface area (Å²) < 4.78 is 12.3. The average Bonchev–Trinajstić information content (AvgIpc) is 2.50. The molecule has 0 aliphatic carbocycles. The van der Waals surface area contributed by atoms with Gasteiger partial charge >= 0.3 is 0 Å². The third-order valence-corrected chi connectivity index (χ3v) is 5.33. The van der Waals surface area contributed by atoms with Gasteiger partial charge in [0.15, 0.2) is 0 Å². The van der Waals surface area contributed by atoms with Gasteiger partial charge in [0, 0.05) is 16.7 Å². The first-order valence-electron chi connectivity index (χ1n) is 8.30. The Morgan fingerprint density at radius 1 is 1.14 bits per heavy atom. The van der Waals surface area contributed by atoms with Gasteiger partial charge < -0.3 is 5.32 Å². The van der Waals surface area contributed by atoms with Crippen LogP contribution in [0.1, 0.15) is 64.9 Å². The highest BCUT2D eigenvalue weighted by Crippen LogP contribution is 2.17. The molecule has 0 saturated heterocycles. The quantitative estimate of drug-likeness (QED) is 0.690. The summed E-state index contributed by atoms with van der Waals surface area (Å²) in [4.78, 5) is 0.967. The molecule has 0 aliphatic rings. The number of hydrogen-bond acceptors (Lipinski definition) is 2. The van der Waals surface area contributed by atoms with Gasteiger partial charge in [-0.15, -0.1) is 0 Å². The molecule has 1 aromatic rings. The molecule has 1 rings (SSSR count). The van der Waals surface area contributed by atoms with Crippen molar-refractivity contribution in [3.05, 3.63) is 29.8 Å². The third-order valence-electron chi connectivity index (χ3n) is 3.87. The van der Waals surface area contributed by atoms with E-state index in [1.807, 2.05) is 12.1 Å². The molecule has 1 aromatic carbocycles. The molecule has 2 nitrogen and oxygen atoms in total. The number of rotatable bonds is 10. The summed E-state index contributed by atoms with van der Waals surface area (Å²) in [6.45, 7) is 9.85. The van der Waals surface area contributed by atoms with Crippen LogP contribution in [0.2, 0.25) is 0 Å². The summed E-state index contributed by atoms with van der Waals surface area (Å²) in [5.74, 6) is 1.30. The normalized spacial score (nSPS) is 14.3. The summed E-state index contributed by atoms with van der Waals surface area (Å²) in [5.41, 5.74) is 1.31. The number of hydrogen-bond donors (Lipinski definition) is 1. The first-order valence-corrected chi connectivity index (χ1v) is 9.62. The highest BCUT2D eigenvalue weighted by Gasteiger charge is 2.08. The largest absolute Gasteiger partial charge is 0.314 e. The van der Waals surface area contributed by atoms with Crippen molar-refractivity contribution in [2.24, 2.45) is 0 Å². The molecule has 0 radical (unpaired) electrons. The lowest BCUT2D eigenvalue weighted by Gasteiger charge is -2.16. The van der Waals surface area contributed by atoms with E-state index < -0.39 is 10.8 Å². The van der Waals surface area contributed by atoms with Crippen molar-refractivity contribution >= 4 is 10.8 Å². The van der Waals surface area contributed by atoms with E-state index >= 15 is 0 Å². The van der Waals surface area contributed by atoms with Crippen molar-refractivity contribution in [2.75, 3.05) is 12.3 Å². The van der Waals surface area contributed by atoms with Crippen LogP contribution in [0.5, 0.6) is 0 Å². The summed E-state index contributed by atoms with van der Waals surface area (Å²) >= 11 is 0. The molecular formula is C18H31NOS. The van der Waals surface area contributed by atoms with Crippen LogP contribution >= 0.6 is 0 Å². The third kappa shape index (κ3) is 6.75. The minimum atomic E-state index is -0.857. The predicted octanol–water partition coefficient (Wildman–Crippen LogP) is 4.48. The smallest absolute Gasteiger partial charge is 0.0529 e. The molecule has 0 spiro atoms. The number of nitrogens with one attached hydrogen (secondary N) is 1. The Labute approximate surface area is 133 Å². The van der Waals surface area contributed by atoms with Crippen LogP contribution in [-0.2, 0) is 10.8 Å². The van der Waals surface area contributed by atoms with Crippen molar-refractivity contribution in [3.8, 4) is 0 Å². The molecule has 0 aromatic heterocycles. The Morgan fingerprint density at radius 2 is 1.81 bits per heavy atom. The molecular weight excluding hydrogens is 278 g/mol. The monoisotopic (exact) mass is 309 g/mol. The van der Waals surface area contributed by atoms with E-state index in [1.54, 1.807) is 0 Å². The standard InChI is InChI=1S/C18H31NOS/c1-5-13-19-17(6-2)8-7-14-21(20)18-11-9-16(10-12-18)15(3)4/h9-12,15,17,19H,5-8,13-14H2,1-4H3. The second-order valence-electron chi connectivity index (χ2n) is 5.97. The predicted molar refractivity (Wildman–Crippen MR) is 93.4 cm³/mol. The molecule has 0 fully saturated rings. The van der Waals surface area contributed by atoms with Crippen molar-refractivity contribution in [3.63, 3.8) is 0 Å². The van der Waals surface area contributed by atoms with Gasteiger partial charge in [-0.25, -0.2) is 0 Å².